The minimum Gasteiger partial charge on any atom is -0.487 e. The molecule has 3 fully saturated rings. The molecule has 0 spiro atoms. The molecule has 39 heavy (non-hydrogen) atoms. The Kier molecular flexibility index (Phi) is 5.96. The van der Waals surface area contributed by atoms with Gasteiger partial charge in [0.15, 0.2) is 17.4 Å². The molecule has 1 amide bonds. The van der Waals surface area contributed by atoms with Crippen molar-refractivity contribution in [2.45, 2.75) is 63.4 Å². The summed E-state index contributed by atoms with van der Waals surface area (Å²) in [4.78, 5) is 29.7. The number of rotatable bonds is 6. The first-order valence-electron chi connectivity index (χ1n) is 12.9. The van der Waals surface area contributed by atoms with E-state index in [1.807, 2.05) is 26.8 Å². The lowest BCUT2D eigenvalue weighted by Crippen LogP contribution is -2.50. The van der Waals surface area contributed by atoms with Gasteiger partial charge in [-0.05, 0) is 64.3 Å². The fraction of sp³-hybridized carbons (Fsp3) is 0.481. The van der Waals surface area contributed by atoms with Gasteiger partial charge in [0.05, 0.1) is 23.3 Å². The summed E-state index contributed by atoms with van der Waals surface area (Å²) in [5.74, 6) is -1.85. The number of nitrogens with one attached hydrogen (secondary N) is 1. The number of pyridine rings is 1. The van der Waals surface area contributed by atoms with Gasteiger partial charge in [0.2, 0.25) is 5.82 Å². The highest BCUT2D eigenvalue weighted by atomic mass is 19.2. The van der Waals surface area contributed by atoms with Crippen molar-refractivity contribution in [2.75, 3.05) is 29.9 Å². The summed E-state index contributed by atoms with van der Waals surface area (Å²) in [6.45, 7) is 6.34. The van der Waals surface area contributed by atoms with E-state index in [1.165, 1.54) is 18.5 Å². The van der Waals surface area contributed by atoms with Crippen LogP contribution in [0, 0.1) is 11.6 Å². The minimum absolute atomic E-state index is 0.0111. The van der Waals surface area contributed by atoms with Crippen LogP contribution in [0.1, 0.15) is 40.0 Å². The van der Waals surface area contributed by atoms with Crippen molar-refractivity contribution in [3.05, 3.63) is 42.2 Å². The molecule has 206 valence electrons. The van der Waals surface area contributed by atoms with Gasteiger partial charge in [-0.15, -0.1) is 0 Å². The summed E-state index contributed by atoms with van der Waals surface area (Å²) in [7, 11) is 0. The molecule has 3 aliphatic rings. The summed E-state index contributed by atoms with van der Waals surface area (Å²) in [6, 6.07) is 6.30. The van der Waals surface area contributed by atoms with E-state index in [1.54, 1.807) is 11.0 Å². The van der Waals surface area contributed by atoms with Crippen molar-refractivity contribution < 1.29 is 27.4 Å². The molecular weight excluding hydrogens is 513 g/mol. The molecular formula is C27H29F3N6O3. The maximum absolute atomic E-state index is 14.9. The maximum Gasteiger partial charge on any atom is 0.410 e. The van der Waals surface area contributed by atoms with E-state index in [0.717, 1.165) is 6.42 Å². The number of amides is 1. The second-order valence-electron chi connectivity index (χ2n) is 11.4. The molecule has 2 aromatic heterocycles. The first-order chi connectivity index (χ1) is 18.5. The van der Waals surface area contributed by atoms with E-state index in [4.69, 9.17) is 14.5 Å². The lowest BCUT2D eigenvalue weighted by Gasteiger charge is -2.35. The SMILES string of the molecule is CC(C)(C)OC(=O)N1C[C@@H]2C[C@H]1CN2c1ccc2ncnc(Nc3ccc(OCC4(F)CC4)c(F)c3F)c2n1. The summed E-state index contributed by atoms with van der Waals surface area (Å²) in [5, 5.41) is 2.82. The third kappa shape index (κ3) is 4.99. The van der Waals surface area contributed by atoms with Gasteiger partial charge in [-0.1, -0.05) is 0 Å². The van der Waals surface area contributed by atoms with E-state index in [-0.39, 0.29) is 42.0 Å². The smallest absolute Gasteiger partial charge is 0.410 e. The largest absolute Gasteiger partial charge is 0.487 e. The highest BCUT2D eigenvalue weighted by Gasteiger charge is 2.47. The Morgan fingerprint density at radius 2 is 1.90 bits per heavy atom. The topological polar surface area (TPSA) is 92.7 Å². The molecule has 2 atom stereocenters. The standard InChI is InChI=1S/C27H29F3N6O3/c1-26(2,3)39-25(37)36-12-15-10-16(36)11-35(15)20-7-5-18-23(34-20)24(32-14-31-18)33-17-4-6-19(22(29)21(17)28)38-13-27(30)8-9-27/h4-7,14-16H,8-13H2,1-3H3,(H,31,32,33)/t15-,16-/m0/s1. The summed E-state index contributed by atoms with van der Waals surface area (Å²) >= 11 is 0. The number of ether oxygens (including phenoxy) is 2. The number of halogens is 3. The number of benzene rings is 1. The van der Waals surface area contributed by atoms with Crippen LogP contribution < -0.4 is 15.0 Å². The monoisotopic (exact) mass is 542 g/mol. The van der Waals surface area contributed by atoms with Crippen LogP contribution in [-0.2, 0) is 4.74 Å². The zero-order valence-corrected chi connectivity index (χ0v) is 21.9. The zero-order chi connectivity index (χ0) is 27.5. The number of alkyl halides is 1. The van der Waals surface area contributed by atoms with Crippen LogP contribution in [0.25, 0.3) is 11.0 Å². The number of fused-ring (bicyclic) bond motifs is 3. The quantitative estimate of drug-likeness (QED) is 0.459. The number of carbonyl (C=O) groups is 1. The van der Waals surface area contributed by atoms with Crippen molar-refractivity contribution >= 4 is 34.4 Å². The van der Waals surface area contributed by atoms with Gasteiger partial charge in [0, 0.05) is 13.1 Å². The van der Waals surface area contributed by atoms with E-state index in [0.29, 0.717) is 42.8 Å². The summed E-state index contributed by atoms with van der Waals surface area (Å²) in [5.41, 5.74) is -1.27. The fourth-order valence-corrected chi connectivity index (χ4v) is 5.03. The zero-order valence-electron chi connectivity index (χ0n) is 21.9. The number of likely N-dealkylation sites (tertiary alicyclic amines) is 1. The van der Waals surface area contributed by atoms with E-state index >= 15 is 0 Å². The number of hydrogen-bond donors (Lipinski definition) is 1. The molecule has 2 saturated heterocycles. The Bertz CT molecular complexity index is 1440. The van der Waals surface area contributed by atoms with Gasteiger partial charge in [0.25, 0.3) is 0 Å². The Hall–Kier alpha value is -3.83. The lowest BCUT2D eigenvalue weighted by atomic mass is 10.2. The molecule has 1 aliphatic carbocycles. The van der Waals surface area contributed by atoms with Crippen molar-refractivity contribution in [3.8, 4) is 5.75 Å². The van der Waals surface area contributed by atoms with Crippen LogP contribution >= 0.6 is 0 Å². The number of hydrogen-bond acceptors (Lipinski definition) is 8. The molecule has 1 saturated carbocycles. The second-order valence-corrected chi connectivity index (χ2v) is 11.4. The molecule has 1 aromatic carbocycles. The third-order valence-electron chi connectivity index (χ3n) is 7.21. The highest BCUT2D eigenvalue weighted by Crippen LogP contribution is 2.41. The Balaban J connectivity index is 1.21. The van der Waals surface area contributed by atoms with Crippen molar-refractivity contribution in [1.29, 1.82) is 0 Å². The first-order valence-corrected chi connectivity index (χ1v) is 12.9. The van der Waals surface area contributed by atoms with Crippen LogP contribution in [-0.4, -0.2) is 69.0 Å². The number of nitrogens with zero attached hydrogens (tertiary/aromatic N) is 5. The average molecular weight is 543 g/mol. The highest BCUT2D eigenvalue weighted by molar-refractivity contribution is 5.88. The molecule has 4 heterocycles. The van der Waals surface area contributed by atoms with Gasteiger partial charge in [-0.2, -0.15) is 4.39 Å². The minimum atomic E-state index is -1.45. The normalized spacial score (nSPS) is 21.4. The number of piperazine rings is 1. The van der Waals surface area contributed by atoms with Crippen molar-refractivity contribution in [3.63, 3.8) is 0 Å². The third-order valence-corrected chi connectivity index (χ3v) is 7.21. The summed E-state index contributed by atoms with van der Waals surface area (Å²) < 4.78 is 54.1. The number of aromatic nitrogens is 3. The molecule has 6 rings (SSSR count). The van der Waals surface area contributed by atoms with E-state index in [2.05, 4.69) is 20.2 Å². The molecule has 2 aliphatic heterocycles. The average Bonchev–Trinajstić information content (AvgIpc) is 3.29. The Morgan fingerprint density at radius 1 is 1.10 bits per heavy atom. The van der Waals surface area contributed by atoms with Crippen LogP contribution in [0.3, 0.4) is 0 Å². The van der Waals surface area contributed by atoms with Gasteiger partial charge in [-0.25, -0.2) is 28.5 Å². The Morgan fingerprint density at radius 3 is 2.59 bits per heavy atom. The maximum atomic E-state index is 14.9. The predicted molar refractivity (Wildman–Crippen MR) is 138 cm³/mol. The van der Waals surface area contributed by atoms with Crippen LogP contribution in [0.5, 0.6) is 5.75 Å². The molecule has 0 unspecified atom stereocenters. The number of anilines is 3. The van der Waals surface area contributed by atoms with E-state index < -0.39 is 22.9 Å². The second kappa shape index (κ2) is 9.13. The lowest BCUT2D eigenvalue weighted by molar-refractivity contribution is 0.0214. The molecule has 12 heteroatoms. The van der Waals surface area contributed by atoms with Gasteiger partial charge in [-0.3, -0.25) is 0 Å². The van der Waals surface area contributed by atoms with Crippen LogP contribution in [0.2, 0.25) is 0 Å². The van der Waals surface area contributed by atoms with E-state index in [9.17, 15) is 18.0 Å². The van der Waals surface area contributed by atoms with Gasteiger partial charge in [0.1, 0.15) is 35.5 Å². The molecule has 0 radical (unpaired) electrons. The fourth-order valence-electron chi connectivity index (χ4n) is 5.03. The van der Waals surface area contributed by atoms with Crippen LogP contribution in [0.15, 0.2) is 30.6 Å². The van der Waals surface area contributed by atoms with Crippen molar-refractivity contribution in [1.82, 2.24) is 19.9 Å². The summed E-state index contributed by atoms with van der Waals surface area (Å²) in [6.07, 6.45) is 2.51. The molecule has 2 bridgehead atoms. The Labute approximate surface area is 223 Å². The van der Waals surface area contributed by atoms with Gasteiger partial charge >= 0.3 is 6.09 Å². The first kappa shape index (κ1) is 25.4. The van der Waals surface area contributed by atoms with Crippen molar-refractivity contribution in [2.24, 2.45) is 0 Å². The van der Waals surface area contributed by atoms with Gasteiger partial charge < -0.3 is 24.6 Å². The molecule has 1 N–H and O–H groups in total. The van der Waals surface area contributed by atoms with Crippen LogP contribution in [0.4, 0.5) is 35.3 Å². The predicted octanol–water partition coefficient (Wildman–Crippen LogP) is 5.13. The molecule has 3 aromatic rings. The molecule has 9 nitrogen and oxygen atoms in total. The number of carbonyl (C=O) groups excluding carboxylic acids is 1.